The number of carbonyl (C=O) groups excluding carboxylic acids is 1. The van der Waals surface area contributed by atoms with E-state index in [1.807, 2.05) is 6.92 Å². The predicted octanol–water partition coefficient (Wildman–Crippen LogP) is 1.97. The zero-order valence-corrected chi connectivity index (χ0v) is 14.6. The smallest absolute Gasteiger partial charge is 0.317 e. The van der Waals surface area contributed by atoms with Crippen molar-refractivity contribution in [1.82, 2.24) is 10.2 Å². The molecule has 0 aliphatic carbocycles. The van der Waals surface area contributed by atoms with Crippen molar-refractivity contribution >= 4 is 15.9 Å². The molecule has 1 saturated heterocycles. The van der Waals surface area contributed by atoms with E-state index < -0.39 is 9.84 Å². The van der Waals surface area contributed by atoms with Crippen molar-refractivity contribution in [1.29, 1.82) is 0 Å². The first-order valence-electron chi connectivity index (χ1n) is 7.71. The van der Waals surface area contributed by atoms with Gasteiger partial charge >= 0.3 is 6.03 Å². The monoisotopic (exact) mass is 340 g/mol. The standard InChI is InChI=1S/C16H24N2O4S/c1-12(13-6-8-15(9-7-13)23(3,20)21)18(2)16(19)17-11-14-5-4-10-22-14/h6-9,12,14H,4-5,10-11H2,1-3H3,(H,17,19)/t12-,14+/m0/s1. The fourth-order valence-electron chi connectivity index (χ4n) is 2.52. The van der Waals surface area contributed by atoms with Crippen LogP contribution in [-0.2, 0) is 14.6 Å². The summed E-state index contributed by atoms with van der Waals surface area (Å²) in [6.07, 6.45) is 3.30. The van der Waals surface area contributed by atoms with Gasteiger partial charge in [-0.1, -0.05) is 12.1 Å². The van der Waals surface area contributed by atoms with Crippen LogP contribution in [0.1, 0.15) is 31.4 Å². The minimum absolute atomic E-state index is 0.108. The average molecular weight is 340 g/mol. The Labute approximate surface area is 137 Å². The molecule has 128 valence electrons. The molecule has 2 rings (SSSR count). The molecule has 0 aromatic heterocycles. The summed E-state index contributed by atoms with van der Waals surface area (Å²) < 4.78 is 28.4. The van der Waals surface area contributed by atoms with Crippen LogP contribution in [0.2, 0.25) is 0 Å². The molecule has 7 heteroatoms. The largest absolute Gasteiger partial charge is 0.376 e. The molecule has 6 nitrogen and oxygen atoms in total. The molecule has 1 aliphatic heterocycles. The van der Waals surface area contributed by atoms with Crippen molar-refractivity contribution in [3.63, 3.8) is 0 Å². The van der Waals surface area contributed by atoms with Gasteiger partial charge in [0.05, 0.1) is 17.0 Å². The molecular formula is C16H24N2O4S. The van der Waals surface area contributed by atoms with Gasteiger partial charge in [0.25, 0.3) is 0 Å². The summed E-state index contributed by atoms with van der Waals surface area (Å²) in [5.74, 6) is 0. The van der Waals surface area contributed by atoms with Crippen LogP contribution in [0.5, 0.6) is 0 Å². The normalized spacial score (nSPS) is 19.3. The molecule has 23 heavy (non-hydrogen) atoms. The van der Waals surface area contributed by atoms with E-state index in [0.717, 1.165) is 25.0 Å². The van der Waals surface area contributed by atoms with E-state index in [9.17, 15) is 13.2 Å². The third-order valence-corrected chi connectivity index (χ3v) is 5.33. The van der Waals surface area contributed by atoms with Gasteiger partial charge in [-0.25, -0.2) is 13.2 Å². The molecule has 1 aromatic rings. The highest BCUT2D eigenvalue weighted by Crippen LogP contribution is 2.21. The number of carbonyl (C=O) groups is 1. The molecular weight excluding hydrogens is 316 g/mol. The lowest BCUT2D eigenvalue weighted by Gasteiger charge is -2.26. The quantitative estimate of drug-likeness (QED) is 0.889. The highest BCUT2D eigenvalue weighted by molar-refractivity contribution is 7.90. The Bertz CT molecular complexity index is 637. The maximum absolute atomic E-state index is 12.2. The van der Waals surface area contributed by atoms with Crippen LogP contribution >= 0.6 is 0 Å². The number of ether oxygens (including phenoxy) is 1. The first kappa shape index (κ1) is 17.7. The first-order valence-corrected chi connectivity index (χ1v) is 9.60. The number of nitrogens with zero attached hydrogens (tertiary/aromatic N) is 1. The van der Waals surface area contributed by atoms with Gasteiger partial charge in [0.1, 0.15) is 0 Å². The van der Waals surface area contributed by atoms with Gasteiger partial charge in [0.2, 0.25) is 0 Å². The van der Waals surface area contributed by atoms with Gasteiger partial charge in [-0.15, -0.1) is 0 Å². The zero-order chi connectivity index (χ0) is 17.0. The fraction of sp³-hybridized carbons (Fsp3) is 0.562. The van der Waals surface area contributed by atoms with Gasteiger partial charge < -0.3 is 15.0 Å². The Balaban J connectivity index is 1.95. The number of hydrogen-bond acceptors (Lipinski definition) is 4. The molecule has 1 heterocycles. The molecule has 0 radical (unpaired) electrons. The van der Waals surface area contributed by atoms with E-state index in [1.165, 1.54) is 6.26 Å². The molecule has 1 fully saturated rings. The summed E-state index contributed by atoms with van der Waals surface area (Å²) in [7, 11) is -1.48. The molecule has 1 aromatic carbocycles. The number of benzene rings is 1. The van der Waals surface area contributed by atoms with Gasteiger partial charge in [-0.05, 0) is 37.5 Å². The Morgan fingerprint density at radius 2 is 2.04 bits per heavy atom. The summed E-state index contributed by atoms with van der Waals surface area (Å²) in [5, 5.41) is 2.88. The van der Waals surface area contributed by atoms with Crippen molar-refractivity contribution in [2.45, 2.75) is 36.8 Å². The maximum atomic E-state index is 12.2. The van der Waals surface area contributed by atoms with E-state index >= 15 is 0 Å². The topological polar surface area (TPSA) is 75.7 Å². The third-order valence-electron chi connectivity index (χ3n) is 4.20. The van der Waals surface area contributed by atoms with Crippen molar-refractivity contribution in [2.75, 3.05) is 26.5 Å². The second-order valence-electron chi connectivity index (χ2n) is 5.95. The fourth-order valence-corrected chi connectivity index (χ4v) is 3.15. The van der Waals surface area contributed by atoms with Gasteiger partial charge in [-0.2, -0.15) is 0 Å². The minimum Gasteiger partial charge on any atom is -0.376 e. The Hall–Kier alpha value is -1.60. The number of urea groups is 1. The first-order chi connectivity index (χ1) is 10.8. The second kappa shape index (κ2) is 7.31. The second-order valence-corrected chi connectivity index (χ2v) is 7.96. The summed E-state index contributed by atoms with van der Waals surface area (Å²) in [6, 6.07) is 6.29. The summed E-state index contributed by atoms with van der Waals surface area (Å²) in [5.41, 5.74) is 0.882. The molecule has 2 atom stereocenters. The van der Waals surface area contributed by atoms with Crippen LogP contribution in [0.25, 0.3) is 0 Å². The molecule has 1 N–H and O–H groups in total. The van der Waals surface area contributed by atoms with E-state index in [4.69, 9.17) is 4.74 Å². The lowest BCUT2D eigenvalue weighted by atomic mass is 10.1. The molecule has 0 unspecified atom stereocenters. The van der Waals surface area contributed by atoms with Crippen LogP contribution < -0.4 is 5.32 Å². The lowest BCUT2D eigenvalue weighted by Crippen LogP contribution is -2.41. The Morgan fingerprint density at radius 3 is 2.57 bits per heavy atom. The molecule has 2 amide bonds. The van der Waals surface area contributed by atoms with Crippen molar-refractivity contribution in [2.24, 2.45) is 0 Å². The number of amides is 2. The van der Waals surface area contributed by atoms with E-state index in [0.29, 0.717) is 6.54 Å². The zero-order valence-electron chi connectivity index (χ0n) is 13.8. The Morgan fingerprint density at radius 1 is 1.39 bits per heavy atom. The van der Waals surface area contributed by atoms with Crippen molar-refractivity contribution < 1.29 is 17.9 Å². The van der Waals surface area contributed by atoms with E-state index in [2.05, 4.69) is 5.32 Å². The van der Waals surface area contributed by atoms with E-state index in [-0.39, 0.29) is 23.1 Å². The van der Waals surface area contributed by atoms with Gasteiger partial charge in [-0.3, -0.25) is 0 Å². The SMILES string of the molecule is C[C@@H](c1ccc(S(C)(=O)=O)cc1)N(C)C(=O)NC[C@H]1CCCO1. The molecule has 0 bridgehead atoms. The lowest BCUT2D eigenvalue weighted by molar-refractivity contribution is 0.108. The van der Waals surface area contributed by atoms with Crippen LogP contribution in [0.3, 0.4) is 0 Å². The molecule has 0 spiro atoms. The Kier molecular flexibility index (Phi) is 5.64. The molecule has 0 saturated carbocycles. The number of nitrogens with one attached hydrogen (secondary N) is 1. The van der Waals surface area contributed by atoms with Crippen LogP contribution in [0.4, 0.5) is 4.79 Å². The number of hydrogen-bond donors (Lipinski definition) is 1. The van der Waals surface area contributed by atoms with Crippen LogP contribution in [0, 0.1) is 0 Å². The van der Waals surface area contributed by atoms with E-state index in [1.54, 1.807) is 36.2 Å². The van der Waals surface area contributed by atoms with Crippen molar-refractivity contribution in [3.8, 4) is 0 Å². The van der Waals surface area contributed by atoms with Gasteiger partial charge in [0, 0.05) is 26.5 Å². The summed E-state index contributed by atoms with van der Waals surface area (Å²) in [6.45, 7) is 3.18. The maximum Gasteiger partial charge on any atom is 0.317 e. The third kappa shape index (κ3) is 4.68. The molecule has 1 aliphatic rings. The highest BCUT2D eigenvalue weighted by atomic mass is 32.2. The summed E-state index contributed by atoms with van der Waals surface area (Å²) >= 11 is 0. The minimum atomic E-state index is -3.21. The number of rotatable bonds is 5. The van der Waals surface area contributed by atoms with Crippen LogP contribution in [0.15, 0.2) is 29.2 Å². The van der Waals surface area contributed by atoms with Crippen molar-refractivity contribution in [3.05, 3.63) is 29.8 Å². The average Bonchev–Trinajstić information content (AvgIpc) is 3.04. The highest BCUT2D eigenvalue weighted by Gasteiger charge is 2.21. The van der Waals surface area contributed by atoms with Crippen LogP contribution in [-0.4, -0.2) is 51.9 Å². The summed E-state index contributed by atoms with van der Waals surface area (Å²) in [4.78, 5) is 14.1. The number of sulfone groups is 1. The predicted molar refractivity (Wildman–Crippen MR) is 88.1 cm³/mol. The van der Waals surface area contributed by atoms with Gasteiger partial charge in [0.15, 0.2) is 9.84 Å².